The topological polar surface area (TPSA) is 103 Å². The molecule has 2 atom stereocenters. The second kappa shape index (κ2) is 13.8. The monoisotopic (exact) mass is 475 g/mol. The number of hydrogen-bond acceptors (Lipinski definition) is 5. The lowest BCUT2D eigenvalue weighted by Crippen LogP contribution is -2.42. The molecule has 184 valence electrons. The number of carbonyl (C=O) groups excluding carboxylic acids is 2. The molecule has 0 spiro atoms. The molecule has 0 fully saturated rings. The summed E-state index contributed by atoms with van der Waals surface area (Å²) in [6, 6.07) is 26.2. The minimum atomic E-state index is -0.659. The highest BCUT2D eigenvalue weighted by atomic mass is 16.5. The zero-order valence-electron chi connectivity index (χ0n) is 20.0. The van der Waals surface area contributed by atoms with Crippen LogP contribution < -0.4 is 21.1 Å². The van der Waals surface area contributed by atoms with Crippen molar-refractivity contribution in [2.45, 2.75) is 45.1 Å². The Hall–Kier alpha value is -3.84. The van der Waals surface area contributed by atoms with E-state index in [1.54, 1.807) is 0 Å². The molecule has 0 aliphatic rings. The molecule has 3 aromatic rings. The number of nitrogens with one attached hydrogen (secondary N) is 2. The zero-order valence-corrected chi connectivity index (χ0v) is 20.0. The third-order valence-electron chi connectivity index (χ3n) is 5.50. The molecule has 7 nitrogen and oxygen atoms in total. The molecule has 35 heavy (non-hydrogen) atoms. The Balaban J connectivity index is 1.32. The summed E-state index contributed by atoms with van der Waals surface area (Å²) in [5.41, 5.74) is 9.02. The first-order valence-electron chi connectivity index (χ1n) is 11.8. The molecule has 0 bridgehead atoms. The van der Waals surface area contributed by atoms with Gasteiger partial charge in [0, 0.05) is 6.54 Å². The lowest BCUT2D eigenvalue weighted by molar-refractivity contribution is -0.123. The molecule has 3 aromatic carbocycles. The Morgan fingerprint density at radius 1 is 0.857 bits per heavy atom. The molecule has 0 heterocycles. The van der Waals surface area contributed by atoms with E-state index in [4.69, 9.17) is 15.2 Å². The summed E-state index contributed by atoms with van der Waals surface area (Å²) in [5.74, 6) is 0.538. The van der Waals surface area contributed by atoms with Gasteiger partial charge in [-0.05, 0) is 48.6 Å². The van der Waals surface area contributed by atoms with Gasteiger partial charge in [0.15, 0.2) is 0 Å². The van der Waals surface area contributed by atoms with Crippen LogP contribution in [-0.4, -0.2) is 24.6 Å². The van der Waals surface area contributed by atoms with Crippen LogP contribution in [0.2, 0.25) is 0 Å². The van der Waals surface area contributed by atoms with Crippen molar-refractivity contribution >= 4 is 12.0 Å². The van der Waals surface area contributed by atoms with E-state index in [9.17, 15) is 9.59 Å². The molecule has 0 aliphatic carbocycles. The fraction of sp³-hybridized carbons (Fsp3) is 0.286. The second-order valence-corrected chi connectivity index (χ2v) is 8.31. The van der Waals surface area contributed by atoms with E-state index in [0.717, 1.165) is 22.4 Å². The van der Waals surface area contributed by atoms with Crippen LogP contribution in [0.15, 0.2) is 84.9 Å². The molecule has 0 saturated heterocycles. The van der Waals surface area contributed by atoms with Crippen molar-refractivity contribution in [1.29, 1.82) is 0 Å². The lowest BCUT2D eigenvalue weighted by Gasteiger charge is -2.18. The molecule has 0 unspecified atom stereocenters. The normalized spacial score (nSPS) is 12.3. The van der Waals surface area contributed by atoms with E-state index in [-0.39, 0.29) is 18.6 Å². The zero-order chi connectivity index (χ0) is 24.9. The van der Waals surface area contributed by atoms with Crippen molar-refractivity contribution in [2.24, 2.45) is 5.73 Å². The molecule has 0 saturated carbocycles. The first kappa shape index (κ1) is 25.8. The van der Waals surface area contributed by atoms with Crippen molar-refractivity contribution in [3.8, 4) is 5.75 Å². The second-order valence-electron chi connectivity index (χ2n) is 8.31. The van der Waals surface area contributed by atoms with E-state index in [1.807, 2.05) is 91.9 Å². The third-order valence-corrected chi connectivity index (χ3v) is 5.50. The highest BCUT2D eigenvalue weighted by Crippen LogP contribution is 2.19. The number of ether oxygens (including phenoxy) is 2. The van der Waals surface area contributed by atoms with Gasteiger partial charge in [-0.2, -0.15) is 0 Å². The van der Waals surface area contributed by atoms with Crippen molar-refractivity contribution in [2.75, 3.05) is 6.54 Å². The summed E-state index contributed by atoms with van der Waals surface area (Å²) in [5, 5.41) is 5.62. The number of carbonyl (C=O) groups is 2. The van der Waals surface area contributed by atoms with Crippen LogP contribution in [0.1, 0.15) is 42.5 Å². The van der Waals surface area contributed by atoms with Crippen LogP contribution in [0.5, 0.6) is 5.75 Å². The quantitative estimate of drug-likeness (QED) is 0.335. The van der Waals surface area contributed by atoms with Crippen LogP contribution in [0.25, 0.3) is 0 Å². The van der Waals surface area contributed by atoms with Gasteiger partial charge in [0.2, 0.25) is 5.91 Å². The van der Waals surface area contributed by atoms with E-state index in [0.29, 0.717) is 26.0 Å². The molecule has 0 aromatic heterocycles. The molecular weight excluding hydrogens is 442 g/mol. The van der Waals surface area contributed by atoms with Crippen LogP contribution in [0, 0.1) is 0 Å². The Morgan fingerprint density at radius 2 is 1.46 bits per heavy atom. The number of alkyl carbamates (subject to hydrolysis) is 1. The molecule has 3 rings (SSSR count). The van der Waals surface area contributed by atoms with Crippen molar-refractivity contribution in [3.05, 3.63) is 102 Å². The third kappa shape index (κ3) is 9.14. The maximum Gasteiger partial charge on any atom is 0.407 e. The number of benzene rings is 3. The van der Waals surface area contributed by atoms with Crippen molar-refractivity contribution in [1.82, 2.24) is 10.6 Å². The van der Waals surface area contributed by atoms with Gasteiger partial charge in [-0.15, -0.1) is 0 Å². The summed E-state index contributed by atoms with van der Waals surface area (Å²) < 4.78 is 11.0. The predicted molar refractivity (Wildman–Crippen MR) is 136 cm³/mol. The fourth-order valence-corrected chi connectivity index (χ4v) is 3.42. The molecule has 4 N–H and O–H groups in total. The Labute approximate surface area is 206 Å². The first-order valence-corrected chi connectivity index (χ1v) is 11.8. The van der Waals surface area contributed by atoms with Gasteiger partial charge in [0.25, 0.3) is 0 Å². The number of hydrogen-bond donors (Lipinski definition) is 3. The fourth-order valence-electron chi connectivity index (χ4n) is 3.42. The summed E-state index contributed by atoms with van der Waals surface area (Å²) in [6.45, 7) is 3.01. The van der Waals surface area contributed by atoms with Gasteiger partial charge in [-0.3, -0.25) is 4.79 Å². The minimum Gasteiger partial charge on any atom is -0.489 e. The van der Waals surface area contributed by atoms with Gasteiger partial charge in [-0.1, -0.05) is 72.8 Å². The van der Waals surface area contributed by atoms with Crippen molar-refractivity contribution < 1.29 is 19.1 Å². The molecule has 0 radical (unpaired) electrons. The SMILES string of the molecule is C[C@@H](NC(=O)[C@H](N)CCCNC(=O)OCc1ccccc1)c1ccc(OCc2ccccc2)cc1. The van der Waals surface area contributed by atoms with Crippen molar-refractivity contribution in [3.63, 3.8) is 0 Å². The Morgan fingerprint density at radius 3 is 2.09 bits per heavy atom. The number of nitrogens with two attached hydrogens (primary N) is 1. The Bertz CT molecular complexity index is 1040. The standard InChI is InChI=1S/C28H33N3O4/c1-21(24-14-16-25(17-15-24)34-19-22-9-4-2-5-10-22)31-27(32)26(29)13-8-18-30-28(33)35-20-23-11-6-3-7-12-23/h2-7,9-12,14-17,21,26H,8,13,18-20,29H2,1H3,(H,30,33)(H,31,32)/t21-,26-/m1/s1. The van der Waals surface area contributed by atoms with E-state index in [1.165, 1.54) is 0 Å². The summed E-state index contributed by atoms with van der Waals surface area (Å²) in [6.07, 6.45) is 0.525. The highest BCUT2D eigenvalue weighted by molar-refractivity contribution is 5.81. The number of amides is 2. The van der Waals surface area contributed by atoms with Crippen LogP contribution in [0.4, 0.5) is 4.79 Å². The maximum atomic E-state index is 12.5. The van der Waals surface area contributed by atoms with Gasteiger partial charge in [0.1, 0.15) is 19.0 Å². The van der Waals surface area contributed by atoms with E-state index in [2.05, 4.69) is 10.6 Å². The summed E-state index contributed by atoms with van der Waals surface area (Å²) >= 11 is 0. The van der Waals surface area contributed by atoms with Crippen LogP contribution in [-0.2, 0) is 22.7 Å². The number of rotatable bonds is 12. The highest BCUT2D eigenvalue weighted by Gasteiger charge is 2.16. The van der Waals surface area contributed by atoms with Gasteiger partial charge in [-0.25, -0.2) is 4.79 Å². The minimum absolute atomic E-state index is 0.192. The average molecular weight is 476 g/mol. The van der Waals surface area contributed by atoms with E-state index >= 15 is 0 Å². The maximum absolute atomic E-state index is 12.5. The van der Waals surface area contributed by atoms with Gasteiger partial charge in [0.05, 0.1) is 12.1 Å². The molecule has 2 amide bonds. The summed E-state index contributed by atoms with van der Waals surface area (Å²) in [7, 11) is 0. The smallest absolute Gasteiger partial charge is 0.407 e. The van der Waals surface area contributed by atoms with E-state index < -0.39 is 12.1 Å². The molecule has 0 aliphatic heterocycles. The predicted octanol–water partition coefficient (Wildman–Crippen LogP) is 4.48. The van der Waals surface area contributed by atoms with Gasteiger partial charge >= 0.3 is 6.09 Å². The van der Waals surface area contributed by atoms with Gasteiger partial charge < -0.3 is 25.8 Å². The Kier molecular flexibility index (Phi) is 10.1. The van der Waals surface area contributed by atoms with Crippen LogP contribution in [0.3, 0.4) is 0 Å². The lowest BCUT2D eigenvalue weighted by atomic mass is 10.1. The molecule has 7 heteroatoms. The largest absolute Gasteiger partial charge is 0.489 e. The summed E-state index contributed by atoms with van der Waals surface area (Å²) in [4.78, 5) is 24.2. The first-order chi connectivity index (χ1) is 17.0. The molecular formula is C28H33N3O4. The average Bonchev–Trinajstić information content (AvgIpc) is 2.90. The van der Waals surface area contributed by atoms with Crippen LogP contribution >= 0.6 is 0 Å².